The van der Waals surface area contributed by atoms with Gasteiger partial charge in [0.05, 0.1) is 16.8 Å². The highest BCUT2D eigenvalue weighted by Crippen LogP contribution is 2.34. The molecule has 4 aromatic rings. The molecule has 156 valence electrons. The summed E-state index contributed by atoms with van der Waals surface area (Å²) in [6.07, 6.45) is -3.23. The fourth-order valence-corrected chi connectivity index (χ4v) is 3.32. The molecule has 0 aliphatic carbocycles. The van der Waals surface area contributed by atoms with Crippen LogP contribution in [0.4, 0.5) is 13.2 Å². The molecule has 0 saturated carbocycles. The maximum atomic E-state index is 13.4. The van der Waals surface area contributed by atoms with Crippen LogP contribution in [0, 0.1) is 0 Å². The zero-order chi connectivity index (χ0) is 22.3. The summed E-state index contributed by atoms with van der Waals surface area (Å²) in [5, 5.41) is 19.1. The highest BCUT2D eigenvalue weighted by molar-refractivity contribution is 6.09. The number of carbonyl (C=O) groups is 2. The average Bonchev–Trinajstić information content (AvgIpc) is 3.12. The Labute approximate surface area is 172 Å². The van der Waals surface area contributed by atoms with Crippen molar-refractivity contribution < 1.29 is 33.0 Å². The summed E-state index contributed by atoms with van der Waals surface area (Å²) < 4.78 is 41.6. The third-order valence-electron chi connectivity index (χ3n) is 4.73. The number of nitrogens with zero attached hydrogens (tertiary/aromatic N) is 2. The second-order valence-corrected chi connectivity index (χ2v) is 6.65. The number of benzene rings is 2. The molecule has 0 bridgehead atoms. The van der Waals surface area contributed by atoms with E-state index in [4.69, 9.17) is 5.11 Å². The first-order valence-electron chi connectivity index (χ1n) is 8.93. The third-order valence-corrected chi connectivity index (χ3v) is 4.73. The van der Waals surface area contributed by atoms with Gasteiger partial charge in [-0.3, -0.25) is 9.20 Å². The van der Waals surface area contributed by atoms with E-state index in [0.29, 0.717) is 11.1 Å². The molecule has 0 spiro atoms. The van der Waals surface area contributed by atoms with Crippen molar-refractivity contribution in [1.82, 2.24) is 9.38 Å². The van der Waals surface area contributed by atoms with Gasteiger partial charge in [0.25, 0.3) is 0 Å². The molecule has 2 aromatic carbocycles. The smallest absolute Gasteiger partial charge is 0.417 e. The summed E-state index contributed by atoms with van der Waals surface area (Å²) in [5.74, 6) is -2.99. The molecule has 0 fully saturated rings. The number of phenols is 1. The van der Waals surface area contributed by atoms with Crippen LogP contribution in [-0.2, 0) is 6.18 Å². The summed E-state index contributed by atoms with van der Waals surface area (Å²) in [7, 11) is 0. The van der Waals surface area contributed by atoms with Gasteiger partial charge in [-0.1, -0.05) is 30.3 Å². The average molecular weight is 426 g/mol. The summed E-state index contributed by atoms with van der Waals surface area (Å²) in [6, 6.07) is 13.1. The van der Waals surface area contributed by atoms with Gasteiger partial charge in [0.2, 0.25) is 5.78 Å². The molecule has 9 heteroatoms. The van der Waals surface area contributed by atoms with Crippen molar-refractivity contribution in [3.63, 3.8) is 0 Å². The maximum Gasteiger partial charge on any atom is 0.417 e. The number of imidazole rings is 1. The predicted octanol–water partition coefficient (Wildman–Crippen LogP) is 4.65. The minimum atomic E-state index is -4.72. The van der Waals surface area contributed by atoms with Gasteiger partial charge in [0.15, 0.2) is 5.82 Å². The van der Waals surface area contributed by atoms with E-state index in [1.165, 1.54) is 40.9 Å². The molecule has 0 amide bonds. The van der Waals surface area contributed by atoms with E-state index < -0.39 is 34.8 Å². The number of hydrogen-bond acceptors (Lipinski definition) is 4. The quantitative estimate of drug-likeness (QED) is 0.464. The van der Waals surface area contributed by atoms with E-state index in [1.54, 1.807) is 18.2 Å². The Kier molecular flexibility index (Phi) is 4.73. The molecule has 0 saturated heterocycles. The number of rotatable bonds is 4. The number of aromatic nitrogens is 2. The molecule has 0 unspecified atom stereocenters. The van der Waals surface area contributed by atoms with Crippen LogP contribution in [0.3, 0.4) is 0 Å². The monoisotopic (exact) mass is 426 g/mol. The molecular formula is C22H13F3N2O4. The van der Waals surface area contributed by atoms with E-state index >= 15 is 0 Å². The lowest BCUT2D eigenvalue weighted by atomic mass is 10.0. The molecule has 2 N–H and O–H groups in total. The van der Waals surface area contributed by atoms with E-state index in [9.17, 15) is 27.9 Å². The Morgan fingerprint density at radius 3 is 2.32 bits per heavy atom. The highest BCUT2D eigenvalue weighted by Gasteiger charge is 2.36. The summed E-state index contributed by atoms with van der Waals surface area (Å²) >= 11 is 0. The molecule has 0 aliphatic heterocycles. The zero-order valence-corrected chi connectivity index (χ0v) is 15.6. The fraction of sp³-hybridized carbons (Fsp3) is 0.0455. The standard InChI is InChI=1S/C22H13F3N2O4/c23-22(24,25)15-6-2-1-5-13(15)19(29)20-26-18(16-7-3-4-10-27(16)20)12-8-9-14(21(30)31)17(28)11-12/h1-11,28H,(H,30,31). The Bertz CT molecular complexity index is 1340. The molecule has 2 heterocycles. The number of halogens is 3. The predicted molar refractivity (Wildman–Crippen MR) is 104 cm³/mol. The number of carboxylic acids is 1. The summed E-state index contributed by atoms with van der Waals surface area (Å²) in [4.78, 5) is 28.5. The Morgan fingerprint density at radius 1 is 0.935 bits per heavy atom. The van der Waals surface area contributed by atoms with Crippen LogP contribution in [0.5, 0.6) is 5.75 Å². The molecule has 0 radical (unpaired) electrons. The van der Waals surface area contributed by atoms with E-state index in [2.05, 4.69) is 4.98 Å². The van der Waals surface area contributed by atoms with Crippen molar-refractivity contribution in [2.45, 2.75) is 6.18 Å². The number of carbonyl (C=O) groups excluding carboxylic acids is 1. The van der Waals surface area contributed by atoms with Crippen LogP contribution in [-0.4, -0.2) is 31.4 Å². The van der Waals surface area contributed by atoms with Crippen LogP contribution in [0.15, 0.2) is 66.9 Å². The molecular weight excluding hydrogens is 413 g/mol. The number of hydrogen-bond donors (Lipinski definition) is 2. The van der Waals surface area contributed by atoms with E-state index in [0.717, 1.165) is 12.1 Å². The van der Waals surface area contributed by atoms with Crippen LogP contribution < -0.4 is 0 Å². The number of pyridine rings is 1. The van der Waals surface area contributed by atoms with E-state index in [-0.39, 0.29) is 17.1 Å². The van der Waals surface area contributed by atoms with Crippen LogP contribution in [0.25, 0.3) is 16.8 Å². The Morgan fingerprint density at radius 2 is 1.65 bits per heavy atom. The van der Waals surface area contributed by atoms with Crippen molar-refractivity contribution in [2.75, 3.05) is 0 Å². The second-order valence-electron chi connectivity index (χ2n) is 6.65. The van der Waals surface area contributed by atoms with Gasteiger partial charge in [-0.2, -0.15) is 13.2 Å². The number of alkyl halides is 3. The maximum absolute atomic E-state index is 13.4. The van der Waals surface area contributed by atoms with Crippen LogP contribution in [0.1, 0.15) is 32.1 Å². The lowest BCUT2D eigenvalue weighted by molar-refractivity contribution is -0.137. The number of aromatic hydroxyl groups is 1. The summed E-state index contributed by atoms with van der Waals surface area (Å²) in [5.41, 5.74) is -1.02. The normalized spacial score (nSPS) is 11.6. The Hall–Kier alpha value is -4.14. The molecule has 2 aromatic heterocycles. The van der Waals surface area contributed by atoms with E-state index in [1.807, 2.05) is 0 Å². The summed E-state index contributed by atoms with van der Waals surface area (Å²) in [6.45, 7) is 0. The zero-order valence-electron chi connectivity index (χ0n) is 15.6. The van der Waals surface area contributed by atoms with Gasteiger partial charge in [-0.25, -0.2) is 9.78 Å². The largest absolute Gasteiger partial charge is 0.507 e. The van der Waals surface area contributed by atoms with Gasteiger partial charge in [0.1, 0.15) is 11.3 Å². The first-order chi connectivity index (χ1) is 14.7. The number of ketones is 1. The lowest BCUT2D eigenvalue weighted by Gasteiger charge is -2.11. The van der Waals surface area contributed by atoms with Crippen LogP contribution in [0.2, 0.25) is 0 Å². The second kappa shape index (κ2) is 7.28. The highest BCUT2D eigenvalue weighted by atomic mass is 19.4. The minimum absolute atomic E-state index is 0.209. The van der Waals surface area contributed by atoms with Gasteiger partial charge in [-0.15, -0.1) is 0 Å². The fourth-order valence-electron chi connectivity index (χ4n) is 3.32. The van der Waals surface area contributed by atoms with Gasteiger partial charge in [0, 0.05) is 17.3 Å². The SMILES string of the molecule is O=C(O)c1ccc(-c2nc(C(=O)c3ccccc3C(F)(F)F)n3ccccc23)cc1O. The van der Waals surface area contributed by atoms with Gasteiger partial charge < -0.3 is 10.2 Å². The first-order valence-corrected chi connectivity index (χ1v) is 8.93. The number of carboxylic acid groups (broad SMARTS) is 1. The van der Waals surface area contributed by atoms with Crippen molar-refractivity contribution in [2.24, 2.45) is 0 Å². The van der Waals surface area contributed by atoms with Crippen molar-refractivity contribution in [1.29, 1.82) is 0 Å². The lowest BCUT2D eigenvalue weighted by Crippen LogP contribution is -2.15. The number of aromatic carboxylic acids is 1. The molecule has 4 rings (SSSR count). The third kappa shape index (κ3) is 3.50. The van der Waals surface area contributed by atoms with Crippen molar-refractivity contribution in [3.05, 3.63) is 89.4 Å². The topological polar surface area (TPSA) is 91.9 Å². The van der Waals surface area contributed by atoms with Crippen LogP contribution >= 0.6 is 0 Å². The Balaban J connectivity index is 1.90. The van der Waals surface area contributed by atoms with Crippen molar-refractivity contribution >= 4 is 17.3 Å². The van der Waals surface area contributed by atoms with Crippen molar-refractivity contribution in [3.8, 4) is 17.0 Å². The first kappa shape index (κ1) is 20.1. The van der Waals surface area contributed by atoms with Gasteiger partial charge >= 0.3 is 12.1 Å². The molecule has 0 atom stereocenters. The number of fused-ring (bicyclic) bond motifs is 1. The minimum Gasteiger partial charge on any atom is -0.507 e. The van der Waals surface area contributed by atoms with Gasteiger partial charge in [-0.05, 0) is 30.3 Å². The molecule has 31 heavy (non-hydrogen) atoms. The molecule has 6 nitrogen and oxygen atoms in total. The molecule has 0 aliphatic rings.